The van der Waals surface area contributed by atoms with Crippen molar-refractivity contribution < 1.29 is 23.0 Å². The highest BCUT2D eigenvalue weighted by Crippen LogP contribution is 2.47. The Morgan fingerprint density at radius 2 is 1.57 bits per heavy atom. The summed E-state index contributed by atoms with van der Waals surface area (Å²) in [6, 6.07) is 16.4. The number of rotatable bonds is 4. The zero-order valence-electron chi connectivity index (χ0n) is 15.5. The van der Waals surface area contributed by atoms with Crippen LogP contribution >= 0.6 is 0 Å². The van der Waals surface area contributed by atoms with Crippen LogP contribution in [0.4, 0.5) is 13.2 Å². The molecule has 2 saturated heterocycles. The van der Waals surface area contributed by atoms with Crippen LogP contribution in [0.25, 0.3) is 0 Å². The molecular weight excluding hydrogens is 367 g/mol. The van der Waals surface area contributed by atoms with E-state index >= 15 is 0 Å². The van der Waals surface area contributed by atoms with Gasteiger partial charge in [0, 0.05) is 24.2 Å². The maximum Gasteiger partial charge on any atom is 0.573 e. The molecule has 1 N–H and O–H groups in total. The van der Waals surface area contributed by atoms with E-state index in [-0.39, 0.29) is 23.4 Å². The number of para-hydroxylation sites is 1. The van der Waals surface area contributed by atoms with Crippen molar-refractivity contribution in [3.8, 4) is 5.75 Å². The van der Waals surface area contributed by atoms with Crippen molar-refractivity contribution in [1.82, 2.24) is 4.90 Å². The SMILES string of the molecule is OC1(c2ccccc2OC(F)(F)F)CC2CCCC(C1)N2Cc1ccccc1. The highest BCUT2D eigenvalue weighted by atomic mass is 19.4. The molecule has 3 nitrogen and oxygen atoms in total. The van der Waals surface area contributed by atoms with Crippen molar-refractivity contribution in [2.24, 2.45) is 0 Å². The molecule has 4 rings (SSSR count). The molecule has 2 aliphatic heterocycles. The molecule has 0 aromatic heterocycles. The van der Waals surface area contributed by atoms with Gasteiger partial charge in [0.1, 0.15) is 5.75 Å². The first-order chi connectivity index (χ1) is 13.3. The lowest BCUT2D eigenvalue weighted by atomic mass is 9.72. The zero-order chi connectivity index (χ0) is 19.8. The van der Waals surface area contributed by atoms with Crippen molar-refractivity contribution in [3.63, 3.8) is 0 Å². The molecule has 0 saturated carbocycles. The van der Waals surface area contributed by atoms with Gasteiger partial charge in [0.15, 0.2) is 0 Å². The highest BCUT2D eigenvalue weighted by Gasteiger charge is 2.48. The summed E-state index contributed by atoms with van der Waals surface area (Å²) >= 11 is 0. The summed E-state index contributed by atoms with van der Waals surface area (Å²) in [4.78, 5) is 2.42. The van der Waals surface area contributed by atoms with Crippen molar-refractivity contribution >= 4 is 0 Å². The first-order valence-corrected chi connectivity index (χ1v) is 9.71. The van der Waals surface area contributed by atoms with Crippen LogP contribution in [0.15, 0.2) is 54.6 Å². The van der Waals surface area contributed by atoms with Gasteiger partial charge in [0.2, 0.25) is 0 Å². The molecule has 2 atom stereocenters. The van der Waals surface area contributed by atoms with Gasteiger partial charge in [0.25, 0.3) is 0 Å². The Kier molecular flexibility index (Phi) is 5.10. The molecule has 2 aromatic carbocycles. The predicted octanol–water partition coefficient (Wildman–Crippen LogP) is 4.99. The standard InChI is InChI=1S/C22H24F3NO2/c23-22(24,25)28-20-12-5-4-11-19(20)21(27)13-17-9-6-10-18(14-21)26(17)15-16-7-2-1-3-8-16/h1-5,7-8,11-12,17-18,27H,6,9-10,13-15H2. The minimum Gasteiger partial charge on any atom is -0.405 e. The van der Waals surface area contributed by atoms with E-state index in [2.05, 4.69) is 21.8 Å². The third-order valence-electron chi connectivity index (χ3n) is 5.98. The number of ether oxygens (including phenoxy) is 1. The smallest absolute Gasteiger partial charge is 0.405 e. The van der Waals surface area contributed by atoms with Crippen LogP contribution in [0.1, 0.15) is 43.2 Å². The first-order valence-electron chi connectivity index (χ1n) is 9.71. The number of alkyl halides is 3. The summed E-state index contributed by atoms with van der Waals surface area (Å²) in [5, 5.41) is 11.4. The fraction of sp³-hybridized carbons (Fsp3) is 0.455. The van der Waals surface area contributed by atoms with E-state index in [9.17, 15) is 18.3 Å². The summed E-state index contributed by atoms with van der Waals surface area (Å²) in [6.07, 6.45) is -1.00. The van der Waals surface area contributed by atoms with Crippen molar-refractivity contribution in [2.75, 3.05) is 0 Å². The maximum atomic E-state index is 12.8. The average molecular weight is 391 g/mol. The van der Waals surface area contributed by atoms with Crippen LogP contribution in [0.2, 0.25) is 0 Å². The molecule has 0 radical (unpaired) electrons. The van der Waals surface area contributed by atoms with Gasteiger partial charge < -0.3 is 9.84 Å². The summed E-state index contributed by atoms with van der Waals surface area (Å²) in [7, 11) is 0. The van der Waals surface area contributed by atoms with Crippen molar-refractivity contribution in [3.05, 3.63) is 65.7 Å². The summed E-state index contributed by atoms with van der Waals surface area (Å²) in [5.74, 6) is -0.299. The first kappa shape index (κ1) is 19.3. The molecule has 150 valence electrons. The number of nitrogens with zero attached hydrogens (tertiary/aromatic N) is 1. The summed E-state index contributed by atoms with van der Waals surface area (Å²) in [5.41, 5.74) is 0.138. The van der Waals surface area contributed by atoms with E-state index in [0.29, 0.717) is 12.8 Å². The number of piperidine rings is 2. The number of hydrogen-bond donors (Lipinski definition) is 1. The normalized spacial score (nSPS) is 28.1. The molecule has 28 heavy (non-hydrogen) atoms. The van der Waals surface area contributed by atoms with Gasteiger partial charge in [-0.1, -0.05) is 55.0 Å². The molecule has 2 heterocycles. The second-order valence-electron chi connectivity index (χ2n) is 7.88. The Morgan fingerprint density at radius 3 is 2.21 bits per heavy atom. The number of fused-ring (bicyclic) bond motifs is 2. The van der Waals surface area contributed by atoms with Crippen LogP contribution in [-0.2, 0) is 12.1 Å². The van der Waals surface area contributed by atoms with E-state index < -0.39 is 12.0 Å². The van der Waals surface area contributed by atoms with Gasteiger partial charge in [0.05, 0.1) is 5.60 Å². The third-order valence-corrected chi connectivity index (χ3v) is 5.98. The summed E-state index contributed by atoms with van der Waals surface area (Å²) < 4.78 is 42.7. The van der Waals surface area contributed by atoms with Gasteiger partial charge in [-0.2, -0.15) is 0 Å². The van der Waals surface area contributed by atoms with Crippen LogP contribution in [0, 0.1) is 0 Å². The topological polar surface area (TPSA) is 32.7 Å². The molecule has 2 fully saturated rings. The molecular formula is C22H24F3NO2. The Morgan fingerprint density at radius 1 is 0.964 bits per heavy atom. The number of halogens is 3. The maximum absolute atomic E-state index is 12.8. The van der Waals surface area contributed by atoms with E-state index in [1.807, 2.05) is 18.2 Å². The molecule has 0 amide bonds. The van der Waals surface area contributed by atoms with E-state index in [0.717, 1.165) is 25.8 Å². The Labute approximate surface area is 162 Å². The lowest BCUT2D eigenvalue weighted by Gasteiger charge is -2.52. The van der Waals surface area contributed by atoms with E-state index in [1.165, 1.54) is 17.7 Å². The van der Waals surface area contributed by atoms with Gasteiger partial charge in [-0.3, -0.25) is 4.90 Å². The molecule has 0 aliphatic carbocycles. The van der Waals surface area contributed by atoms with Crippen LogP contribution in [-0.4, -0.2) is 28.5 Å². The van der Waals surface area contributed by atoms with E-state index in [1.54, 1.807) is 12.1 Å². The Hall–Kier alpha value is -2.05. The summed E-state index contributed by atoms with van der Waals surface area (Å²) in [6.45, 7) is 0.799. The molecule has 2 unspecified atom stereocenters. The Bertz CT molecular complexity index is 795. The quantitative estimate of drug-likeness (QED) is 0.797. The van der Waals surface area contributed by atoms with Crippen LogP contribution in [0.5, 0.6) is 5.75 Å². The molecule has 2 aromatic rings. The van der Waals surface area contributed by atoms with E-state index in [4.69, 9.17) is 0 Å². The minimum absolute atomic E-state index is 0.136. The van der Waals surface area contributed by atoms with Crippen molar-refractivity contribution in [1.29, 1.82) is 0 Å². The van der Waals surface area contributed by atoms with Gasteiger partial charge in [-0.25, -0.2) is 0 Å². The second-order valence-corrected chi connectivity index (χ2v) is 7.88. The number of hydrogen-bond acceptors (Lipinski definition) is 3. The fourth-order valence-electron chi connectivity index (χ4n) is 4.86. The van der Waals surface area contributed by atoms with Crippen LogP contribution < -0.4 is 4.74 Å². The highest BCUT2D eigenvalue weighted by molar-refractivity contribution is 5.39. The largest absolute Gasteiger partial charge is 0.573 e. The predicted molar refractivity (Wildman–Crippen MR) is 99.7 cm³/mol. The second kappa shape index (κ2) is 7.41. The third kappa shape index (κ3) is 4.03. The van der Waals surface area contributed by atoms with Crippen LogP contribution in [0.3, 0.4) is 0 Å². The molecule has 2 bridgehead atoms. The average Bonchev–Trinajstić information content (AvgIpc) is 2.63. The zero-order valence-corrected chi connectivity index (χ0v) is 15.5. The molecule has 0 spiro atoms. The minimum atomic E-state index is -4.78. The fourth-order valence-corrected chi connectivity index (χ4v) is 4.86. The monoisotopic (exact) mass is 391 g/mol. The van der Waals surface area contributed by atoms with Gasteiger partial charge in [-0.05, 0) is 37.3 Å². The lowest BCUT2D eigenvalue weighted by molar-refractivity contribution is -0.275. The number of benzene rings is 2. The Balaban J connectivity index is 1.60. The number of aliphatic hydroxyl groups is 1. The molecule has 6 heteroatoms. The van der Waals surface area contributed by atoms with Crippen molar-refractivity contribution in [2.45, 2.75) is 62.7 Å². The van der Waals surface area contributed by atoms with Gasteiger partial charge in [-0.15, -0.1) is 13.2 Å². The van der Waals surface area contributed by atoms with Gasteiger partial charge >= 0.3 is 6.36 Å². The molecule has 2 aliphatic rings. The lowest BCUT2D eigenvalue weighted by Crippen LogP contribution is -2.56.